The van der Waals surface area contributed by atoms with Crippen LogP contribution in [0, 0.1) is 6.92 Å². The van der Waals surface area contributed by atoms with Gasteiger partial charge in [0, 0.05) is 54.7 Å². The Morgan fingerprint density at radius 3 is 2.58 bits per heavy atom. The second-order valence-electron chi connectivity index (χ2n) is 10.7. The van der Waals surface area contributed by atoms with E-state index in [4.69, 9.17) is 4.74 Å². The van der Waals surface area contributed by atoms with E-state index in [1.807, 2.05) is 72.2 Å². The average Bonchev–Trinajstić information content (AvgIpc) is 3.71. The first-order valence-electron chi connectivity index (χ1n) is 13.9. The van der Waals surface area contributed by atoms with Crippen LogP contribution in [0.1, 0.15) is 41.7 Å². The average molecular weight is 534 g/mol. The molecule has 1 aliphatic heterocycles. The van der Waals surface area contributed by atoms with E-state index in [0.29, 0.717) is 40.0 Å². The van der Waals surface area contributed by atoms with Crippen LogP contribution in [0.2, 0.25) is 0 Å². The molecule has 2 aromatic carbocycles. The van der Waals surface area contributed by atoms with Gasteiger partial charge in [0.2, 0.25) is 0 Å². The maximum atomic E-state index is 13.6. The highest BCUT2D eigenvalue weighted by molar-refractivity contribution is 6.13. The minimum atomic E-state index is -0.258. The van der Waals surface area contributed by atoms with Crippen molar-refractivity contribution in [3.8, 4) is 11.5 Å². The van der Waals surface area contributed by atoms with Crippen molar-refractivity contribution in [1.82, 2.24) is 24.9 Å². The van der Waals surface area contributed by atoms with Gasteiger partial charge in [0.1, 0.15) is 11.3 Å². The number of hydrogen-bond donors (Lipinski definition) is 2. The quantitative estimate of drug-likeness (QED) is 0.291. The molecule has 1 aliphatic carbocycles. The van der Waals surface area contributed by atoms with E-state index >= 15 is 0 Å². The molecular weight excluding hydrogens is 502 g/mol. The van der Waals surface area contributed by atoms with Crippen molar-refractivity contribution in [3.63, 3.8) is 0 Å². The minimum Gasteiger partial charge on any atom is -0.453 e. The summed E-state index contributed by atoms with van der Waals surface area (Å²) in [5, 5.41) is 16.3. The number of anilines is 2. The Kier molecular flexibility index (Phi) is 6.28. The van der Waals surface area contributed by atoms with Crippen molar-refractivity contribution in [2.75, 3.05) is 23.3 Å². The van der Waals surface area contributed by atoms with Crippen LogP contribution in [0.15, 0.2) is 73.2 Å². The van der Waals surface area contributed by atoms with E-state index in [1.165, 1.54) is 12.8 Å². The molecule has 7 rings (SSSR count). The molecule has 2 fully saturated rings. The van der Waals surface area contributed by atoms with Gasteiger partial charge in [-0.3, -0.25) is 4.79 Å². The number of fused-ring (bicyclic) bond motifs is 2. The maximum Gasteiger partial charge on any atom is 0.257 e. The Morgan fingerprint density at radius 1 is 0.975 bits per heavy atom. The van der Waals surface area contributed by atoms with Crippen LogP contribution in [0.25, 0.3) is 16.6 Å². The summed E-state index contributed by atoms with van der Waals surface area (Å²) in [7, 11) is 0. The second-order valence-corrected chi connectivity index (χ2v) is 10.7. The summed E-state index contributed by atoms with van der Waals surface area (Å²) in [5.74, 6) is 0.987. The molecule has 2 N–H and O–H groups in total. The summed E-state index contributed by atoms with van der Waals surface area (Å²) in [5.41, 5.74) is 4.29. The van der Waals surface area contributed by atoms with Gasteiger partial charge in [0.05, 0.1) is 23.1 Å². The van der Waals surface area contributed by atoms with Crippen molar-refractivity contribution in [3.05, 3.63) is 84.4 Å². The number of para-hydroxylation sites is 1. The van der Waals surface area contributed by atoms with Crippen LogP contribution < -0.4 is 20.3 Å². The van der Waals surface area contributed by atoms with Gasteiger partial charge in [-0.1, -0.05) is 18.2 Å². The molecule has 1 saturated heterocycles. The van der Waals surface area contributed by atoms with Crippen LogP contribution in [0.3, 0.4) is 0 Å². The number of carbonyl (C=O) groups is 1. The van der Waals surface area contributed by atoms with Crippen LogP contribution in [-0.4, -0.2) is 50.7 Å². The number of benzene rings is 2. The number of hydrogen-bond acceptors (Lipinski definition) is 7. The zero-order valence-electron chi connectivity index (χ0n) is 22.4. The van der Waals surface area contributed by atoms with Crippen LogP contribution in [0.5, 0.6) is 11.5 Å². The van der Waals surface area contributed by atoms with E-state index in [9.17, 15) is 4.79 Å². The molecule has 0 unspecified atom stereocenters. The Morgan fingerprint density at radius 2 is 1.77 bits per heavy atom. The standard InChI is InChI=1S/C31H31N7O2/c1-20-18-38-19-23(17-28(30(38)33-20)40-24-5-3-2-4-6-24)35-31(39)26-9-10-27(25-11-14-32-36-29(25)26)37-15-12-22(13-16-37)34-21-7-8-21/h2-6,9-11,14,17-19,21-22,34H,7-8,12-13,15-16H2,1H3,(H,35,39). The van der Waals surface area contributed by atoms with E-state index in [0.717, 1.165) is 48.7 Å². The van der Waals surface area contributed by atoms with Gasteiger partial charge in [0.25, 0.3) is 5.91 Å². The molecule has 5 aromatic rings. The fourth-order valence-electron chi connectivity index (χ4n) is 5.54. The zero-order valence-corrected chi connectivity index (χ0v) is 22.4. The number of piperidine rings is 1. The lowest BCUT2D eigenvalue weighted by molar-refractivity contribution is 0.102. The second kappa shape index (κ2) is 10.2. The molecule has 0 atom stereocenters. The maximum absolute atomic E-state index is 13.6. The summed E-state index contributed by atoms with van der Waals surface area (Å²) in [6, 6.07) is 18.5. The number of carbonyl (C=O) groups excluding carboxylic acids is 1. The molecule has 1 amide bonds. The van der Waals surface area contributed by atoms with Crippen molar-refractivity contribution in [2.24, 2.45) is 0 Å². The summed E-state index contributed by atoms with van der Waals surface area (Å²) in [6.07, 6.45) is 10.3. The van der Waals surface area contributed by atoms with Crippen molar-refractivity contribution < 1.29 is 9.53 Å². The van der Waals surface area contributed by atoms with E-state index in [1.54, 1.807) is 12.3 Å². The summed E-state index contributed by atoms with van der Waals surface area (Å²) in [4.78, 5) is 20.6. The molecule has 0 bridgehead atoms. The van der Waals surface area contributed by atoms with Gasteiger partial charge in [0.15, 0.2) is 11.4 Å². The third-order valence-corrected chi connectivity index (χ3v) is 7.66. The van der Waals surface area contributed by atoms with Crippen LogP contribution >= 0.6 is 0 Å². The summed E-state index contributed by atoms with van der Waals surface area (Å²) < 4.78 is 8.02. The highest BCUT2D eigenvalue weighted by Crippen LogP contribution is 2.33. The monoisotopic (exact) mass is 533 g/mol. The molecule has 2 aliphatic rings. The first-order valence-corrected chi connectivity index (χ1v) is 13.9. The van der Waals surface area contributed by atoms with Gasteiger partial charge in [-0.05, 0) is 62.9 Å². The van der Waals surface area contributed by atoms with Crippen molar-refractivity contribution in [1.29, 1.82) is 0 Å². The lowest BCUT2D eigenvalue weighted by atomic mass is 10.0. The first-order chi connectivity index (χ1) is 19.6. The first kappa shape index (κ1) is 24.5. The Balaban J connectivity index is 1.16. The largest absolute Gasteiger partial charge is 0.453 e. The van der Waals surface area contributed by atoms with E-state index in [-0.39, 0.29) is 5.91 Å². The highest BCUT2D eigenvalue weighted by Gasteiger charge is 2.28. The summed E-state index contributed by atoms with van der Waals surface area (Å²) in [6.45, 7) is 3.87. The van der Waals surface area contributed by atoms with Crippen molar-refractivity contribution >= 4 is 33.8 Å². The molecule has 3 aromatic heterocycles. The number of amides is 1. The molecule has 40 heavy (non-hydrogen) atoms. The lowest BCUT2D eigenvalue weighted by Crippen LogP contribution is -2.43. The third kappa shape index (κ3) is 4.96. The third-order valence-electron chi connectivity index (χ3n) is 7.66. The minimum absolute atomic E-state index is 0.258. The number of aryl methyl sites for hydroxylation is 1. The number of imidazole rings is 1. The van der Waals surface area contributed by atoms with Gasteiger partial charge in [-0.2, -0.15) is 5.10 Å². The molecule has 1 saturated carbocycles. The predicted molar refractivity (Wildman–Crippen MR) is 155 cm³/mol. The van der Waals surface area contributed by atoms with Gasteiger partial charge in [-0.15, -0.1) is 5.10 Å². The fraction of sp³-hybridized carbons (Fsp3) is 0.290. The molecule has 0 radical (unpaired) electrons. The van der Waals surface area contributed by atoms with Crippen LogP contribution in [-0.2, 0) is 0 Å². The molecule has 0 spiro atoms. The fourth-order valence-corrected chi connectivity index (χ4v) is 5.54. The van der Waals surface area contributed by atoms with Crippen molar-refractivity contribution in [2.45, 2.75) is 44.7 Å². The molecule has 9 heteroatoms. The SMILES string of the molecule is Cc1cn2cc(NC(=O)c3ccc(N4CCC(NC5CC5)CC4)c4ccnnc34)cc(Oc3ccccc3)c2n1. The zero-order chi connectivity index (χ0) is 27.1. The Hall–Kier alpha value is -4.50. The summed E-state index contributed by atoms with van der Waals surface area (Å²) >= 11 is 0. The molecule has 202 valence electrons. The Bertz CT molecular complexity index is 1690. The van der Waals surface area contributed by atoms with Gasteiger partial charge in [-0.25, -0.2) is 4.98 Å². The van der Waals surface area contributed by atoms with E-state index in [2.05, 4.69) is 30.7 Å². The van der Waals surface area contributed by atoms with Gasteiger partial charge < -0.3 is 24.7 Å². The number of ether oxygens (including phenoxy) is 1. The highest BCUT2D eigenvalue weighted by atomic mass is 16.5. The predicted octanol–water partition coefficient (Wildman–Crippen LogP) is 5.35. The number of pyridine rings is 1. The molecule has 9 nitrogen and oxygen atoms in total. The van der Waals surface area contributed by atoms with Crippen LogP contribution in [0.4, 0.5) is 11.4 Å². The number of aromatic nitrogens is 4. The number of nitrogens with zero attached hydrogens (tertiary/aromatic N) is 5. The smallest absolute Gasteiger partial charge is 0.257 e. The number of nitrogens with one attached hydrogen (secondary N) is 2. The normalized spacial score (nSPS) is 16.0. The molecular formula is C31H31N7O2. The Labute approximate surface area is 232 Å². The lowest BCUT2D eigenvalue weighted by Gasteiger charge is -2.34. The molecule has 4 heterocycles. The van der Waals surface area contributed by atoms with Gasteiger partial charge >= 0.3 is 0 Å². The number of rotatable bonds is 7. The van der Waals surface area contributed by atoms with E-state index < -0.39 is 0 Å². The topological polar surface area (TPSA) is 96.7 Å².